The SMILES string of the molecule is CC(C)=NCC(O)O. The Labute approximate surface area is 48.7 Å². The molecular formula is C5H11NO2. The summed E-state index contributed by atoms with van der Waals surface area (Å²) in [6, 6.07) is 0. The zero-order valence-electron chi connectivity index (χ0n) is 5.13. The third kappa shape index (κ3) is 5.59. The topological polar surface area (TPSA) is 52.8 Å². The lowest BCUT2D eigenvalue weighted by atomic mass is 10.5. The van der Waals surface area contributed by atoms with E-state index in [-0.39, 0.29) is 6.54 Å². The average Bonchev–Trinajstić information content (AvgIpc) is 1.61. The van der Waals surface area contributed by atoms with E-state index >= 15 is 0 Å². The minimum absolute atomic E-state index is 0.0856. The lowest BCUT2D eigenvalue weighted by Crippen LogP contribution is -2.09. The van der Waals surface area contributed by atoms with Crippen LogP contribution in [0.1, 0.15) is 13.8 Å². The number of rotatable bonds is 2. The first-order valence-electron chi connectivity index (χ1n) is 2.46. The predicted molar refractivity (Wildman–Crippen MR) is 31.9 cm³/mol. The molecule has 0 saturated carbocycles. The zero-order chi connectivity index (χ0) is 6.57. The molecule has 0 aliphatic rings. The van der Waals surface area contributed by atoms with Gasteiger partial charge in [0.05, 0.1) is 6.54 Å². The van der Waals surface area contributed by atoms with Crippen LogP contribution in [0.4, 0.5) is 0 Å². The van der Waals surface area contributed by atoms with Gasteiger partial charge in [-0.05, 0) is 13.8 Å². The highest BCUT2D eigenvalue weighted by atomic mass is 16.5. The van der Waals surface area contributed by atoms with E-state index in [0.717, 1.165) is 5.71 Å². The molecule has 0 aromatic heterocycles. The Bertz CT molecular complexity index is 84.4. The van der Waals surface area contributed by atoms with Gasteiger partial charge in [0, 0.05) is 5.71 Å². The Balaban J connectivity index is 3.29. The van der Waals surface area contributed by atoms with Gasteiger partial charge in [0.1, 0.15) is 0 Å². The largest absolute Gasteiger partial charge is 0.367 e. The van der Waals surface area contributed by atoms with Crippen LogP contribution in [0.25, 0.3) is 0 Å². The van der Waals surface area contributed by atoms with E-state index in [0.29, 0.717) is 0 Å². The summed E-state index contributed by atoms with van der Waals surface area (Å²) < 4.78 is 0. The molecule has 0 aromatic rings. The van der Waals surface area contributed by atoms with Crippen molar-refractivity contribution in [3.8, 4) is 0 Å². The second kappa shape index (κ2) is 3.57. The second-order valence-corrected chi connectivity index (χ2v) is 1.77. The molecular weight excluding hydrogens is 106 g/mol. The van der Waals surface area contributed by atoms with E-state index in [1.807, 2.05) is 13.8 Å². The molecule has 2 N–H and O–H groups in total. The first-order valence-corrected chi connectivity index (χ1v) is 2.46. The fourth-order valence-corrected chi connectivity index (χ4v) is 0.264. The van der Waals surface area contributed by atoms with E-state index in [1.54, 1.807) is 0 Å². The Morgan fingerprint density at radius 1 is 1.50 bits per heavy atom. The molecule has 0 amide bonds. The summed E-state index contributed by atoms with van der Waals surface area (Å²) in [7, 11) is 0. The Morgan fingerprint density at radius 2 is 2.00 bits per heavy atom. The van der Waals surface area contributed by atoms with Gasteiger partial charge in [-0.2, -0.15) is 0 Å². The van der Waals surface area contributed by atoms with Gasteiger partial charge in [0.25, 0.3) is 0 Å². The third-order valence-electron chi connectivity index (χ3n) is 0.571. The van der Waals surface area contributed by atoms with Crippen molar-refractivity contribution in [2.24, 2.45) is 4.99 Å². The molecule has 0 radical (unpaired) electrons. The predicted octanol–water partition coefficient (Wildman–Crippen LogP) is -0.222. The van der Waals surface area contributed by atoms with E-state index in [9.17, 15) is 0 Å². The van der Waals surface area contributed by atoms with Crippen LogP contribution in [0.2, 0.25) is 0 Å². The first kappa shape index (κ1) is 7.59. The minimum Gasteiger partial charge on any atom is -0.367 e. The van der Waals surface area contributed by atoms with Crippen molar-refractivity contribution in [2.45, 2.75) is 20.1 Å². The summed E-state index contributed by atoms with van der Waals surface area (Å²) in [5.74, 6) is 0. The normalized spacial score (nSPS) is 9.62. The average molecular weight is 117 g/mol. The molecule has 3 nitrogen and oxygen atoms in total. The quantitative estimate of drug-likeness (QED) is 0.388. The number of hydrogen-bond acceptors (Lipinski definition) is 3. The maximum Gasteiger partial charge on any atom is 0.171 e. The van der Waals surface area contributed by atoms with Gasteiger partial charge in [0.15, 0.2) is 6.29 Å². The molecule has 0 aliphatic carbocycles. The van der Waals surface area contributed by atoms with E-state index in [2.05, 4.69) is 4.99 Å². The first-order chi connectivity index (χ1) is 3.63. The van der Waals surface area contributed by atoms with Gasteiger partial charge >= 0.3 is 0 Å². The molecule has 48 valence electrons. The molecule has 0 fully saturated rings. The highest BCUT2D eigenvalue weighted by Gasteiger charge is 1.90. The second-order valence-electron chi connectivity index (χ2n) is 1.77. The maximum absolute atomic E-state index is 8.25. The van der Waals surface area contributed by atoms with Crippen LogP contribution in [0, 0.1) is 0 Å². The summed E-state index contributed by atoms with van der Waals surface area (Å²) in [5.41, 5.74) is 0.859. The molecule has 0 atom stereocenters. The van der Waals surface area contributed by atoms with Crippen LogP contribution in [-0.4, -0.2) is 28.8 Å². The van der Waals surface area contributed by atoms with Crippen molar-refractivity contribution < 1.29 is 10.2 Å². The molecule has 0 aromatic carbocycles. The molecule has 0 bridgehead atoms. The summed E-state index contributed by atoms with van der Waals surface area (Å²) in [4.78, 5) is 3.74. The van der Waals surface area contributed by atoms with Crippen molar-refractivity contribution in [1.29, 1.82) is 0 Å². The molecule has 0 saturated heterocycles. The summed E-state index contributed by atoms with van der Waals surface area (Å²) in [6.07, 6.45) is -1.30. The minimum atomic E-state index is -1.30. The maximum atomic E-state index is 8.25. The van der Waals surface area contributed by atoms with Gasteiger partial charge in [0.2, 0.25) is 0 Å². The van der Waals surface area contributed by atoms with Gasteiger partial charge in [-0.1, -0.05) is 0 Å². The molecule has 3 heteroatoms. The lowest BCUT2D eigenvalue weighted by molar-refractivity contribution is -0.0304. The smallest absolute Gasteiger partial charge is 0.171 e. The third-order valence-corrected chi connectivity index (χ3v) is 0.571. The Morgan fingerprint density at radius 3 is 2.12 bits per heavy atom. The number of aliphatic hydroxyl groups excluding tert-OH is 1. The molecule has 0 aliphatic heterocycles. The number of nitrogens with zero attached hydrogens (tertiary/aromatic N) is 1. The molecule has 0 spiro atoms. The molecule has 8 heavy (non-hydrogen) atoms. The van der Waals surface area contributed by atoms with Crippen LogP contribution >= 0.6 is 0 Å². The van der Waals surface area contributed by atoms with Crippen LogP contribution in [0.5, 0.6) is 0 Å². The van der Waals surface area contributed by atoms with Crippen LogP contribution < -0.4 is 0 Å². The lowest BCUT2D eigenvalue weighted by Gasteiger charge is -1.95. The standard InChI is InChI=1S/C5H11NO2/c1-4(2)6-3-5(7)8/h5,7-8H,3H2,1-2H3. The summed E-state index contributed by atoms with van der Waals surface area (Å²) in [6.45, 7) is 3.70. The zero-order valence-corrected chi connectivity index (χ0v) is 5.13. The highest BCUT2D eigenvalue weighted by molar-refractivity contribution is 5.79. The highest BCUT2D eigenvalue weighted by Crippen LogP contribution is 1.78. The van der Waals surface area contributed by atoms with Gasteiger partial charge in [-0.25, -0.2) is 0 Å². The van der Waals surface area contributed by atoms with Crippen molar-refractivity contribution in [3.63, 3.8) is 0 Å². The summed E-state index contributed by atoms with van der Waals surface area (Å²) >= 11 is 0. The monoisotopic (exact) mass is 117 g/mol. The number of aliphatic imine (C=N–C) groups is 1. The fourth-order valence-electron chi connectivity index (χ4n) is 0.264. The summed E-state index contributed by atoms with van der Waals surface area (Å²) in [5, 5.41) is 16.5. The fraction of sp³-hybridized carbons (Fsp3) is 0.800. The number of aliphatic hydroxyl groups is 2. The van der Waals surface area contributed by atoms with Gasteiger partial charge in [-0.15, -0.1) is 0 Å². The van der Waals surface area contributed by atoms with Crippen molar-refractivity contribution in [3.05, 3.63) is 0 Å². The van der Waals surface area contributed by atoms with Crippen LogP contribution in [-0.2, 0) is 0 Å². The van der Waals surface area contributed by atoms with E-state index in [1.165, 1.54) is 0 Å². The van der Waals surface area contributed by atoms with Crippen molar-refractivity contribution in [2.75, 3.05) is 6.54 Å². The Hall–Kier alpha value is -0.410. The van der Waals surface area contributed by atoms with Gasteiger partial charge < -0.3 is 10.2 Å². The van der Waals surface area contributed by atoms with Crippen molar-refractivity contribution in [1.82, 2.24) is 0 Å². The molecule has 0 unspecified atom stereocenters. The van der Waals surface area contributed by atoms with Crippen LogP contribution in [0.3, 0.4) is 0 Å². The van der Waals surface area contributed by atoms with Gasteiger partial charge in [-0.3, -0.25) is 4.99 Å². The Kier molecular flexibility index (Phi) is 3.39. The van der Waals surface area contributed by atoms with Crippen molar-refractivity contribution >= 4 is 5.71 Å². The molecule has 0 rings (SSSR count). The van der Waals surface area contributed by atoms with Crippen LogP contribution in [0.15, 0.2) is 4.99 Å². The van der Waals surface area contributed by atoms with E-state index < -0.39 is 6.29 Å². The number of hydrogen-bond donors (Lipinski definition) is 2. The van der Waals surface area contributed by atoms with E-state index in [4.69, 9.17) is 10.2 Å². The molecule has 0 heterocycles.